The second-order valence-electron chi connectivity index (χ2n) is 7.62. The number of hydrogen-bond donors (Lipinski definition) is 0. The molecule has 0 N–H and O–H groups in total. The van der Waals surface area contributed by atoms with Gasteiger partial charge in [0.05, 0.1) is 12.5 Å². The Morgan fingerprint density at radius 2 is 1.73 bits per heavy atom. The molecule has 0 unspecified atom stereocenters. The number of fused-ring (bicyclic) bond motifs is 1. The molecule has 4 heteroatoms. The minimum atomic E-state index is -0.706. The van der Waals surface area contributed by atoms with Crippen LogP contribution in [0.1, 0.15) is 56.5 Å². The number of aromatic nitrogens is 1. The summed E-state index contributed by atoms with van der Waals surface area (Å²) in [6.45, 7) is 9.85. The van der Waals surface area contributed by atoms with E-state index in [1.165, 1.54) is 16.8 Å². The van der Waals surface area contributed by atoms with Crippen LogP contribution in [0.4, 0.5) is 0 Å². The van der Waals surface area contributed by atoms with E-state index in [2.05, 4.69) is 61.0 Å². The summed E-state index contributed by atoms with van der Waals surface area (Å²) in [5.74, 6) is 0.161. The summed E-state index contributed by atoms with van der Waals surface area (Å²) < 4.78 is 20.9. The summed E-state index contributed by atoms with van der Waals surface area (Å²) in [6.07, 6.45) is 2.18. The summed E-state index contributed by atoms with van der Waals surface area (Å²) in [7, 11) is 1.72. The van der Waals surface area contributed by atoms with Gasteiger partial charge in [0.25, 0.3) is 0 Å². The smallest absolute Gasteiger partial charge is 0.196 e. The number of ether oxygens (including phenoxy) is 3. The first kappa shape index (κ1) is 17.5. The van der Waals surface area contributed by atoms with Gasteiger partial charge < -0.3 is 14.2 Å². The van der Waals surface area contributed by atoms with Crippen LogP contribution >= 0.6 is 0 Å². The van der Waals surface area contributed by atoms with Gasteiger partial charge in [0.15, 0.2) is 23.7 Å². The fraction of sp³-hybridized carbons (Fsp3) is 0.500. The van der Waals surface area contributed by atoms with Gasteiger partial charge in [-0.1, -0.05) is 6.07 Å². The van der Waals surface area contributed by atoms with Crippen LogP contribution in [0, 0.1) is 5.41 Å². The van der Waals surface area contributed by atoms with Gasteiger partial charge >= 0.3 is 0 Å². The molecule has 1 aromatic heterocycles. The lowest BCUT2D eigenvalue weighted by atomic mass is 9.57. The molecule has 0 radical (unpaired) electrons. The molecule has 4 nitrogen and oxygen atoms in total. The van der Waals surface area contributed by atoms with Gasteiger partial charge in [0, 0.05) is 30.9 Å². The Balaban J connectivity index is 2.06. The van der Waals surface area contributed by atoms with E-state index in [1.807, 2.05) is 13.8 Å². The topological polar surface area (TPSA) is 31.6 Å². The zero-order valence-electron chi connectivity index (χ0n) is 16.3. The lowest BCUT2D eigenvalue weighted by molar-refractivity contribution is -0.755. The van der Waals surface area contributed by atoms with Gasteiger partial charge in [0.1, 0.15) is 11.7 Å². The maximum atomic E-state index is 6.47. The molecule has 138 valence electrons. The van der Waals surface area contributed by atoms with E-state index in [-0.39, 0.29) is 17.4 Å². The van der Waals surface area contributed by atoms with Gasteiger partial charge in [-0.3, -0.25) is 0 Å². The Morgan fingerprint density at radius 3 is 2.38 bits per heavy atom. The van der Waals surface area contributed by atoms with E-state index >= 15 is 0 Å². The number of nitrogens with zero attached hydrogens (tertiary/aromatic N) is 1. The van der Waals surface area contributed by atoms with Crippen molar-refractivity contribution in [3.8, 4) is 5.75 Å². The molecule has 3 heterocycles. The van der Waals surface area contributed by atoms with Crippen molar-refractivity contribution in [1.82, 2.24) is 0 Å². The van der Waals surface area contributed by atoms with Gasteiger partial charge in [-0.05, 0) is 51.5 Å². The number of pyridine rings is 1. The largest absolute Gasteiger partial charge is 0.497 e. The molecule has 1 aromatic carbocycles. The van der Waals surface area contributed by atoms with E-state index in [0.29, 0.717) is 13.2 Å². The van der Waals surface area contributed by atoms with E-state index in [0.717, 1.165) is 5.75 Å². The standard InChI is InChI=1S/C22H28NO3/c1-6-25-22(26-7-2)19-17-14-15(24-5)11-12-16(17)20(21(22,3)4)23-13-9-8-10-18(19)23/h8-14,19-20H,6-7H2,1-5H3/q+1/t19-,20-/m0/s1. The number of methoxy groups -OCH3 is 1. The third kappa shape index (κ3) is 2.06. The van der Waals surface area contributed by atoms with Crippen LogP contribution < -0.4 is 9.30 Å². The van der Waals surface area contributed by atoms with Gasteiger partial charge in [0.2, 0.25) is 0 Å². The highest BCUT2D eigenvalue weighted by Gasteiger charge is 2.70. The van der Waals surface area contributed by atoms with Gasteiger partial charge in [-0.15, -0.1) is 0 Å². The normalized spacial score (nSPS) is 24.0. The Bertz CT molecular complexity index is 824. The van der Waals surface area contributed by atoms with Gasteiger partial charge in [-0.2, -0.15) is 4.57 Å². The van der Waals surface area contributed by atoms with Crippen molar-refractivity contribution in [3.63, 3.8) is 0 Å². The van der Waals surface area contributed by atoms with Crippen LogP contribution in [-0.4, -0.2) is 26.1 Å². The fourth-order valence-corrected chi connectivity index (χ4v) is 5.14. The summed E-state index contributed by atoms with van der Waals surface area (Å²) in [5.41, 5.74) is 3.59. The second-order valence-corrected chi connectivity index (χ2v) is 7.62. The van der Waals surface area contributed by atoms with Gasteiger partial charge in [-0.25, -0.2) is 0 Å². The minimum absolute atomic E-state index is 0.00583. The highest BCUT2D eigenvalue weighted by atomic mass is 16.7. The predicted molar refractivity (Wildman–Crippen MR) is 99.4 cm³/mol. The highest BCUT2D eigenvalue weighted by molar-refractivity contribution is 5.49. The number of benzene rings is 1. The molecule has 0 saturated heterocycles. The van der Waals surface area contributed by atoms with Crippen molar-refractivity contribution in [2.75, 3.05) is 20.3 Å². The summed E-state index contributed by atoms with van der Waals surface area (Å²) in [5, 5.41) is 0. The molecule has 2 bridgehead atoms. The zero-order chi connectivity index (χ0) is 18.5. The summed E-state index contributed by atoms with van der Waals surface area (Å²) in [6, 6.07) is 13.0. The van der Waals surface area contributed by atoms with Crippen LogP contribution in [0.25, 0.3) is 0 Å². The average Bonchev–Trinajstić information content (AvgIpc) is 2.64. The van der Waals surface area contributed by atoms with E-state index in [9.17, 15) is 0 Å². The van der Waals surface area contributed by atoms with Crippen LogP contribution in [-0.2, 0) is 9.47 Å². The molecule has 2 aromatic rings. The molecule has 5 rings (SSSR count). The summed E-state index contributed by atoms with van der Waals surface area (Å²) >= 11 is 0. The van der Waals surface area contributed by atoms with Crippen molar-refractivity contribution >= 4 is 0 Å². The molecule has 2 atom stereocenters. The zero-order valence-corrected chi connectivity index (χ0v) is 16.3. The van der Waals surface area contributed by atoms with Crippen LogP contribution in [0.15, 0.2) is 42.6 Å². The first-order chi connectivity index (χ1) is 12.5. The van der Waals surface area contributed by atoms with E-state index in [1.54, 1.807) is 7.11 Å². The van der Waals surface area contributed by atoms with Crippen molar-refractivity contribution in [2.45, 2.75) is 45.4 Å². The lowest BCUT2D eigenvalue weighted by Gasteiger charge is -2.57. The van der Waals surface area contributed by atoms with Crippen molar-refractivity contribution in [1.29, 1.82) is 0 Å². The van der Waals surface area contributed by atoms with Crippen LogP contribution in [0.3, 0.4) is 0 Å². The van der Waals surface area contributed by atoms with Crippen molar-refractivity contribution < 1.29 is 18.8 Å². The van der Waals surface area contributed by atoms with Crippen molar-refractivity contribution in [2.24, 2.45) is 5.41 Å². The fourth-order valence-electron chi connectivity index (χ4n) is 5.14. The minimum Gasteiger partial charge on any atom is -0.497 e. The molecular formula is C22H28NO3+. The number of hydrogen-bond acceptors (Lipinski definition) is 3. The second kappa shape index (κ2) is 6.07. The highest BCUT2D eigenvalue weighted by Crippen LogP contribution is 2.62. The maximum Gasteiger partial charge on any atom is 0.196 e. The Kier molecular flexibility index (Phi) is 4.08. The third-order valence-corrected chi connectivity index (χ3v) is 6.08. The Morgan fingerprint density at radius 1 is 1.00 bits per heavy atom. The first-order valence-electron chi connectivity index (χ1n) is 9.47. The van der Waals surface area contributed by atoms with E-state index in [4.69, 9.17) is 14.2 Å². The monoisotopic (exact) mass is 354 g/mol. The van der Waals surface area contributed by atoms with Crippen molar-refractivity contribution in [3.05, 3.63) is 59.4 Å². The van der Waals surface area contributed by atoms with Crippen LogP contribution in [0.5, 0.6) is 5.75 Å². The molecule has 0 amide bonds. The molecule has 1 aliphatic carbocycles. The SMILES string of the molecule is CCOC1(OCC)[C@H]2c3cc(OC)ccc3[C@H]([n+]3ccccc32)C1(C)C. The van der Waals surface area contributed by atoms with Crippen LogP contribution in [0.2, 0.25) is 0 Å². The Labute approximate surface area is 155 Å². The van der Waals surface area contributed by atoms with E-state index < -0.39 is 5.79 Å². The molecular weight excluding hydrogens is 326 g/mol. The first-order valence-corrected chi connectivity index (χ1v) is 9.47. The summed E-state index contributed by atoms with van der Waals surface area (Å²) in [4.78, 5) is 0. The molecule has 3 aliphatic rings. The average molecular weight is 354 g/mol. The molecule has 0 saturated carbocycles. The molecule has 0 spiro atoms. The molecule has 26 heavy (non-hydrogen) atoms. The lowest BCUT2D eigenvalue weighted by Crippen LogP contribution is -2.71. The third-order valence-electron chi connectivity index (χ3n) is 6.08. The predicted octanol–water partition coefficient (Wildman–Crippen LogP) is 3.83. The maximum absolute atomic E-state index is 6.47. The quantitative estimate of drug-likeness (QED) is 0.604. The molecule has 0 fully saturated rings. The molecule has 2 aliphatic heterocycles. The number of rotatable bonds is 5. The Hall–Kier alpha value is -1.91.